The maximum atomic E-state index is 12.5. The van der Waals surface area contributed by atoms with Gasteiger partial charge in [-0.15, -0.1) is 0 Å². The molecule has 3 N–H and O–H groups in total. The monoisotopic (exact) mass is 372 g/mol. The summed E-state index contributed by atoms with van der Waals surface area (Å²) in [4.78, 5) is 28.0. The summed E-state index contributed by atoms with van der Waals surface area (Å²) in [5.74, 6) is -0.373. The molecule has 2 aromatic rings. The lowest BCUT2D eigenvalue weighted by atomic mass is 10.2. The number of hydrogen-bond acceptors (Lipinski definition) is 5. The number of H-pyrrole nitrogens is 1. The van der Waals surface area contributed by atoms with E-state index in [1.165, 1.54) is 16.7 Å². The number of rotatable bonds is 5. The van der Waals surface area contributed by atoms with Gasteiger partial charge in [0, 0.05) is 39.4 Å². The number of amides is 3. The van der Waals surface area contributed by atoms with Gasteiger partial charge in [0.2, 0.25) is 0 Å². The van der Waals surface area contributed by atoms with Crippen molar-refractivity contribution >= 4 is 23.3 Å². The molecule has 144 valence electrons. The molecule has 0 saturated carbocycles. The van der Waals surface area contributed by atoms with E-state index in [4.69, 9.17) is 4.74 Å². The molecule has 0 atom stereocenters. The van der Waals surface area contributed by atoms with Gasteiger partial charge in [-0.1, -0.05) is 12.1 Å². The van der Waals surface area contributed by atoms with Crippen LogP contribution in [0, 0.1) is 0 Å². The summed E-state index contributed by atoms with van der Waals surface area (Å²) < 4.78 is 5.36. The van der Waals surface area contributed by atoms with Crippen molar-refractivity contribution in [2.45, 2.75) is 6.54 Å². The Balaban J connectivity index is 1.59. The van der Waals surface area contributed by atoms with Crippen LogP contribution in [0.2, 0.25) is 0 Å². The highest BCUT2D eigenvalue weighted by atomic mass is 16.5. The molecular formula is C18H24N6O3. The van der Waals surface area contributed by atoms with Crippen LogP contribution in [0.4, 0.5) is 16.2 Å². The third-order valence-corrected chi connectivity index (χ3v) is 4.24. The molecule has 1 aromatic heterocycles. The molecule has 3 rings (SSSR count). The van der Waals surface area contributed by atoms with Gasteiger partial charge in [-0.2, -0.15) is 5.10 Å². The largest absolute Gasteiger partial charge is 0.379 e. The van der Waals surface area contributed by atoms with Crippen LogP contribution in [0.5, 0.6) is 0 Å². The minimum absolute atomic E-state index is 0.197. The lowest BCUT2D eigenvalue weighted by Gasteiger charge is -2.26. The highest BCUT2D eigenvalue weighted by Gasteiger charge is 2.17. The normalized spacial score (nSPS) is 14.6. The molecule has 3 amide bonds. The fourth-order valence-electron chi connectivity index (χ4n) is 2.69. The molecule has 27 heavy (non-hydrogen) atoms. The van der Waals surface area contributed by atoms with Crippen molar-refractivity contribution in [3.8, 4) is 0 Å². The van der Waals surface area contributed by atoms with E-state index in [-0.39, 0.29) is 17.6 Å². The van der Waals surface area contributed by atoms with Crippen molar-refractivity contribution in [2.75, 3.05) is 51.0 Å². The highest BCUT2D eigenvalue weighted by Crippen LogP contribution is 2.17. The van der Waals surface area contributed by atoms with Crippen LogP contribution in [-0.4, -0.2) is 72.3 Å². The highest BCUT2D eigenvalue weighted by molar-refractivity contribution is 6.08. The van der Waals surface area contributed by atoms with E-state index >= 15 is 0 Å². The Morgan fingerprint density at radius 2 is 1.89 bits per heavy atom. The number of morpholine rings is 1. The Morgan fingerprint density at radius 1 is 1.19 bits per heavy atom. The standard InChI is InChI=1S/C18H24N6O3/c1-23(2)18(26)21-15-11-19-22-16(15)17(25)20-14-5-3-13(4-6-14)12-24-7-9-27-10-8-24/h3-6,11H,7-10,12H2,1-2H3,(H,19,22)(H,20,25)(H,21,26). The van der Waals surface area contributed by atoms with Gasteiger partial charge in [-0.3, -0.25) is 14.8 Å². The number of carbonyl (C=O) groups is 2. The van der Waals surface area contributed by atoms with Crippen LogP contribution < -0.4 is 10.6 Å². The molecule has 1 fully saturated rings. The van der Waals surface area contributed by atoms with Crippen LogP contribution in [0.25, 0.3) is 0 Å². The number of ether oxygens (including phenoxy) is 1. The molecule has 2 heterocycles. The van der Waals surface area contributed by atoms with Crippen molar-refractivity contribution in [2.24, 2.45) is 0 Å². The predicted octanol–water partition coefficient (Wildman–Crippen LogP) is 1.59. The third kappa shape index (κ3) is 5.05. The van der Waals surface area contributed by atoms with Gasteiger partial charge in [-0.05, 0) is 17.7 Å². The van der Waals surface area contributed by atoms with Crippen LogP contribution in [-0.2, 0) is 11.3 Å². The summed E-state index contributed by atoms with van der Waals surface area (Å²) >= 11 is 0. The number of benzene rings is 1. The average molecular weight is 372 g/mol. The van der Waals surface area contributed by atoms with Gasteiger partial charge >= 0.3 is 6.03 Å². The Bertz CT molecular complexity index is 781. The van der Waals surface area contributed by atoms with Crippen molar-refractivity contribution in [3.05, 3.63) is 41.7 Å². The molecule has 9 heteroatoms. The summed E-state index contributed by atoms with van der Waals surface area (Å²) in [5, 5.41) is 11.9. The minimum Gasteiger partial charge on any atom is -0.379 e. The number of urea groups is 1. The van der Waals surface area contributed by atoms with Gasteiger partial charge in [0.25, 0.3) is 5.91 Å². The second-order valence-electron chi connectivity index (χ2n) is 6.52. The van der Waals surface area contributed by atoms with E-state index in [0.29, 0.717) is 11.4 Å². The molecule has 0 bridgehead atoms. The van der Waals surface area contributed by atoms with Crippen LogP contribution >= 0.6 is 0 Å². The second-order valence-corrected chi connectivity index (χ2v) is 6.52. The fourth-order valence-corrected chi connectivity index (χ4v) is 2.69. The zero-order valence-corrected chi connectivity index (χ0v) is 15.5. The van der Waals surface area contributed by atoms with Gasteiger partial charge in [0.1, 0.15) is 5.69 Å². The quantitative estimate of drug-likeness (QED) is 0.740. The molecule has 1 saturated heterocycles. The van der Waals surface area contributed by atoms with E-state index < -0.39 is 0 Å². The number of aromatic nitrogens is 2. The molecule has 9 nitrogen and oxygen atoms in total. The topological polar surface area (TPSA) is 103 Å². The Hall–Kier alpha value is -2.91. The molecule has 0 aliphatic carbocycles. The van der Waals surface area contributed by atoms with E-state index in [1.807, 2.05) is 24.3 Å². The molecule has 1 aromatic carbocycles. The number of nitrogens with zero attached hydrogens (tertiary/aromatic N) is 3. The SMILES string of the molecule is CN(C)C(=O)Nc1cn[nH]c1C(=O)Nc1ccc(CN2CCOCC2)cc1. The first kappa shape index (κ1) is 18.9. The van der Waals surface area contributed by atoms with Gasteiger partial charge in [0.05, 0.1) is 25.1 Å². The maximum Gasteiger partial charge on any atom is 0.321 e. The minimum atomic E-state index is -0.373. The first-order valence-electron chi connectivity index (χ1n) is 8.75. The van der Waals surface area contributed by atoms with Crippen molar-refractivity contribution in [1.82, 2.24) is 20.0 Å². The van der Waals surface area contributed by atoms with Crippen LogP contribution in [0.3, 0.4) is 0 Å². The third-order valence-electron chi connectivity index (χ3n) is 4.24. The maximum absolute atomic E-state index is 12.5. The van der Waals surface area contributed by atoms with Crippen molar-refractivity contribution < 1.29 is 14.3 Å². The van der Waals surface area contributed by atoms with E-state index in [9.17, 15) is 9.59 Å². The zero-order valence-electron chi connectivity index (χ0n) is 15.5. The smallest absolute Gasteiger partial charge is 0.321 e. The lowest BCUT2D eigenvalue weighted by molar-refractivity contribution is 0.0342. The molecule has 0 radical (unpaired) electrons. The van der Waals surface area contributed by atoms with Gasteiger partial charge in [-0.25, -0.2) is 4.79 Å². The van der Waals surface area contributed by atoms with Gasteiger partial charge in [0.15, 0.2) is 0 Å². The summed E-state index contributed by atoms with van der Waals surface area (Å²) in [6.07, 6.45) is 1.40. The number of hydrogen-bond donors (Lipinski definition) is 3. The van der Waals surface area contributed by atoms with Crippen molar-refractivity contribution in [3.63, 3.8) is 0 Å². The number of anilines is 2. The molecule has 0 unspecified atom stereocenters. The number of nitrogens with one attached hydrogen (secondary N) is 3. The molecule has 0 spiro atoms. The second kappa shape index (κ2) is 8.65. The van der Waals surface area contributed by atoms with Crippen LogP contribution in [0.15, 0.2) is 30.5 Å². The lowest BCUT2D eigenvalue weighted by Crippen LogP contribution is -2.35. The zero-order chi connectivity index (χ0) is 19.2. The summed E-state index contributed by atoms with van der Waals surface area (Å²) in [7, 11) is 3.24. The van der Waals surface area contributed by atoms with Crippen molar-refractivity contribution in [1.29, 1.82) is 0 Å². The molecule has 1 aliphatic heterocycles. The number of aromatic amines is 1. The van der Waals surface area contributed by atoms with E-state index in [1.54, 1.807) is 14.1 Å². The van der Waals surface area contributed by atoms with E-state index in [0.717, 1.165) is 32.8 Å². The summed E-state index contributed by atoms with van der Waals surface area (Å²) in [6, 6.07) is 7.38. The van der Waals surface area contributed by atoms with E-state index in [2.05, 4.69) is 25.7 Å². The average Bonchev–Trinajstić information content (AvgIpc) is 3.12. The van der Waals surface area contributed by atoms with Gasteiger partial charge < -0.3 is 20.3 Å². The Kier molecular flexibility index (Phi) is 6.05. The first-order valence-corrected chi connectivity index (χ1v) is 8.75. The van der Waals surface area contributed by atoms with Crippen LogP contribution in [0.1, 0.15) is 16.1 Å². The molecular weight excluding hydrogens is 348 g/mol. The summed E-state index contributed by atoms with van der Waals surface area (Å²) in [6.45, 7) is 4.26. The number of carbonyl (C=O) groups excluding carboxylic acids is 2. The molecule has 1 aliphatic rings. The Morgan fingerprint density at radius 3 is 2.56 bits per heavy atom. The fraction of sp³-hybridized carbons (Fsp3) is 0.389. The summed E-state index contributed by atoms with van der Waals surface area (Å²) in [5.41, 5.74) is 2.37. The first-order chi connectivity index (χ1) is 13.0. The predicted molar refractivity (Wildman–Crippen MR) is 102 cm³/mol. The Labute approximate surface area is 157 Å².